The van der Waals surface area contributed by atoms with Gasteiger partial charge in [-0.25, -0.2) is 0 Å². The van der Waals surface area contributed by atoms with Crippen molar-refractivity contribution in [3.05, 3.63) is 0 Å². The predicted octanol–water partition coefficient (Wildman–Crippen LogP) is 0.0542. The van der Waals surface area contributed by atoms with E-state index in [1.54, 1.807) is 0 Å². The van der Waals surface area contributed by atoms with E-state index in [0.717, 1.165) is 12.8 Å². The zero-order valence-corrected chi connectivity index (χ0v) is 9.48. The van der Waals surface area contributed by atoms with Crippen molar-refractivity contribution in [1.82, 2.24) is 5.32 Å². The van der Waals surface area contributed by atoms with Gasteiger partial charge in [-0.05, 0) is 19.3 Å². The average Bonchev–Trinajstić information content (AvgIpc) is 2.35. The third kappa shape index (κ3) is 3.37. The van der Waals surface area contributed by atoms with E-state index in [2.05, 4.69) is 10.5 Å². The molecule has 1 heterocycles. The fraction of sp³-hybridized carbons (Fsp3) is 0.800. The molecule has 1 aliphatic heterocycles. The predicted molar refractivity (Wildman–Crippen MR) is 59.2 cm³/mol. The van der Waals surface area contributed by atoms with Gasteiger partial charge < -0.3 is 21.0 Å². The highest BCUT2D eigenvalue weighted by Gasteiger charge is 2.24. The highest BCUT2D eigenvalue weighted by Crippen LogP contribution is 2.14. The largest absolute Gasteiger partial charge is 0.409 e. The third-order valence-corrected chi connectivity index (χ3v) is 2.79. The van der Waals surface area contributed by atoms with E-state index < -0.39 is 0 Å². The van der Waals surface area contributed by atoms with E-state index in [0.29, 0.717) is 19.6 Å². The molecule has 0 aromatic carbocycles. The number of nitrogens with one attached hydrogen (secondary N) is 1. The second-order valence-corrected chi connectivity index (χ2v) is 3.88. The molecule has 1 rings (SSSR count). The summed E-state index contributed by atoms with van der Waals surface area (Å²) in [5.41, 5.74) is 5.47. The second kappa shape index (κ2) is 6.32. The van der Waals surface area contributed by atoms with Crippen LogP contribution < -0.4 is 11.1 Å². The highest BCUT2D eigenvalue weighted by atomic mass is 16.5. The van der Waals surface area contributed by atoms with Gasteiger partial charge in [0.25, 0.3) is 0 Å². The fourth-order valence-corrected chi connectivity index (χ4v) is 1.70. The van der Waals surface area contributed by atoms with Crippen molar-refractivity contribution in [2.24, 2.45) is 16.8 Å². The van der Waals surface area contributed by atoms with E-state index in [-0.39, 0.29) is 23.7 Å². The molecule has 0 aromatic rings. The zero-order valence-electron chi connectivity index (χ0n) is 9.48. The van der Waals surface area contributed by atoms with Crippen molar-refractivity contribution in [3.63, 3.8) is 0 Å². The Bertz CT molecular complexity index is 262. The Morgan fingerprint density at radius 1 is 1.62 bits per heavy atom. The van der Waals surface area contributed by atoms with Gasteiger partial charge in [0.05, 0.1) is 6.04 Å². The molecule has 4 N–H and O–H groups in total. The van der Waals surface area contributed by atoms with Crippen molar-refractivity contribution in [3.8, 4) is 0 Å². The average molecular weight is 229 g/mol. The minimum atomic E-state index is -0.389. The van der Waals surface area contributed by atoms with Crippen LogP contribution in [-0.2, 0) is 9.53 Å². The van der Waals surface area contributed by atoms with Crippen LogP contribution in [0, 0.1) is 5.92 Å². The van der Waals surface area contributed by atoms with Crippen molar-refractivity contribution in [2.45, 2.75) is 32.2 Å². The molecule has 1 unspecified atom stereocenters. The molecule has 92 valence electrons. The second-order valence-electron chi connectivity index (χ2n) is 3.88. The smallest absolute Gasteiger partial charge is 0.223 e. The van der Waals surface area contributed by atoms with Crippen LogP contribution in [0.1, 0.15) is 26.2 Å². The topological polar surface area (TPSA) is 96.9 Å². The SMILES string of the molecule is CCC(NC(=O)C1CCOCC1)C(N)=NO. The summed E-state index contributed by atoms with van der Waals surface area (Å²) in [6.45, 7) is 3.11. The Morgan fingerprint density at radius 2 is 2.25 bits per heavy atom. The summed E-state index contributed by atoms with van der Waals surface area (Å²) in [6.07, 6.45) is 2.07. The number of nitrogens with zero attached hydrogens (tertiary/aromatic N) is 1. The van der Waals surface area contributed by atoms with Gasteiger partial charge >= 0.3 is 0 Å². The van der Waals surface area contributed by atoms with Gasteiger partial charge in [-0.3, -0.25) is 4.79 Å². The molecule has 0 radical (unpaired) electrons. The molecule has 1 amide bonds. The molecule has 6 heteroatoms. The number of rotatable bonds is 4. The highest BCUT2D eigenvalue weighted by molar-refractivity contribution is 5.90. The molecular weight excluding hydrogens is 210 g/mol. The summed E-state index contributed by atoms with van der Waals surface area (Å²) in [5.74, 6) is -0.0149. The number of hydrogen-bond donors (Lipinski definition) is 3. The molecule has 1 fully saturated rings. The van der Waals surface area contributed by atoms with Gasteiger partial charge in [0.2, 0.25) is 5.91 Å². The molecule has 0 aliphatic carbocycles. The van der Waals surface area contributed by atoms with Crippen molar-refractivity contribution in [1.29, 1.82) is 0 Å². The van der Waals surface area contributed by atoms with Crippen LogP contribution in [0.3, 0.4) is 0 Å². The zero-order chi connectivity index (χ0) is 12.0. The maximum atomic E-state index is 11.8. The summed E-state index contributed by atoms with van der Waals surface area (Å²) >= 11 is 0. The van der Waals surface area contributed by atoms with Gasteiger partial charge in [-0.2, -0.15) is 0 Å². The molecule has 1 saturated heterocycles. The van der Waals surface area contributed by atoms with Gasteiger partial charge in [0.15, 0.2) is 5.84 Å². The van der Waals surface area contributed by atoms with Crippen LogP contribution in [0.25, 0.3) is 0 Å². The molecule has 0 saturated carbocycles. The van der Waals surface area contributed by atoms with Crippen LogP contribution in [0.2, 0.25) is 0 Å². The number of amides is 1. The monoisotopic (exact) mass is 229 g/mol. The number of hydrogen-bond acceptors (Lipinski definition) is 4. The number of amidine groups is 1. The Hall–Kier alpha value is -1.30. The van der Waals surface area contributed by atoms with Gasteiger partial charge in [-0.1, -0.05) is 12.1 Å². The quantitative estimate of drug-likeness (QED) is 0.275. The first kappa shape index (κ1) is 12.8. The first-order valence-electron chi connectivity index (χ1n) is 5.54. The lowest BCUT2D eigenvalue weighted by molar-refractivity contribution is -0.128. The minimum Gasteiger partial charge on any atom is -0.409 e. The maximum Gasteiger partial charge on any atom is 0.223 e. The lowest BCUT2D eigenvalue weighted by Crippen LogP contribution is -2.47. The Kier molecular flexibility index (Phi) is 5.04. The fourth-order valence-electron chi connectivity index (χ4n) is 1.70. The van der Waals surface area contributed by atoms with Crippen LogP contribution in [-0.4, -0.2) is 36.2 Å². The third-order valence-electron chi connectivity index (χ3n) is 2.79. The minimum absolute atomic E-state index is 0.0192. The van der Waals surface area contributed by atoms with E-state index in [4.69, 9.17) is 15.7 Å². The molecule has 6 nitrogen and oxygen atoms in total. The Morgan fingerprint density at radius 3 is 2.75 bits per heavy atom. The summed E-state index contributed by atoms with van der Waals surface area (Å²) in [6, 6.07) is -0.389. The summed E-state index contributed by atoms with van der Waals surface area (Å²) in [7, 11) is 0. The molecule has 1 atom stereocenters. The summed E-state index contributed by atoms with van der Waals surface area (Å²) < 4.78 is 5.18. The van der Waals surface area contributed by atoms with Crippen molar-refractivity contribution < 1.29 is 14.7 Å². The maximum absolute atomic E-state index is 11.8. The summed E-state index contributed by atoms with van der Waals surface area (Å²) in [4.78, 5) is 11.8. The normalized spacial score (nSPS) is 20.4. The van der Waals surface area contributed by atoms with E-state index in [1.807, 2.05) is 6.92 Å². The number of ether oxygens (including phenoxy) is 1. The first-order valence-corrected chi connectivity index (χ1v) is 5.54. The van der Waals surface area contributed by atoms with Gasteiger partial charge in [0, 0.05) is 19.1 Å². The number of carbonyl (C=O) groups is 1. The summed E-state index contributed by atoms with van der Waals surface area (Å²) in [5, 5.41) is 14.2. The number of carbonyl (C=O) groups excluding carboxylic acids is 1. The standard InChI is InChI=1S/C10H19N3O3/c1-2-8(9(11)13-15)12-10(14)7-3-5-16-6-4-7/h7-8,15H,2-6H2,1H3,(H2,11,13)(H,12,14). The van der Waals surface area contributed by atoms with Gasteiger partial charge in [0.1, 0.15) is 0 Å². The lowest BCUT2D eigenvalue weighted by atomic mass is 9.99. The van der Waals surface area contributed by atoms with Crippen LogP contribution in [0.4, 0.5) is 0 Å². The Balaban J connectivity index is 2.47. The van der Waals surface area contributed by atoms with Gasteiger partial charge in [-0.15, -0.1) is 0 Å². The van der Waals surface area contributed by atoms with Crippen molar-refractivity contribution in [2.75, 3.05) is 13.2 Å². The van der Waals surface area contributed by atoms with E-state index in [9.17, 15) is 4.79 Å². The van der Waals surface area contributed by atoms with E-state index >= 15 is 0 Å². The Labute approximate surface area is 94.8 Å². The molecule has 1 aliphatic rings. The van der Waals surface area contributed by atoms with Crippen LogP contribution in [0.5, 0.6) is 0 Å². The molecular formula is C10H19N3O3. The molecule has 0 aromatic heterocycles. The van der Waals surface area contributed by atoms with Crippen LogP contribution >= 0.6 is 0 Å². The van der Waals surface area contributed by atoms with Crippen molar-refractivity contribution >= 4 is 11.7 Å². The van der Waals surface area contributed by atoms with E-state index in [1.165, 1.54) is 0 Å². The number of nitrogens with two attached hydrogens (primary N) is 1. The number of oxime groups is 1. The molecule has 0 bridgehead atoms. The van der Waals surface area contributed by atoms with Crippen LogP contribution in [0.15, 0.2) is 5.16 Å². The molecule has 0 spiro atoms. The lowest BCUT2D eigenvalue weighted by Gasteiger charge is -2.24. The molecule has 16 heavy (non-hydrogen) atoms. The first-order chi connectivity index (χ1) is 7.69.